The number of rotatable bonds is 5. The molecule has 1 aromatic heterocycles. The van der Waals surface area contributed by atoms with Crippen LogP contribution >= 0.6 is 0 Å². The van der Waals surface area contributed by atoms with Crippen LogP contribution in [0.25, 0.3) is 0 Å². The quantitative estimate of drug-likeness (QED) is 0.787. The molecule has 136 valence electrons. The SMILES string of the molecule is CCCN1CCC(NC(=O)c2cc(C(C)=O)c(C)[nH]c2=O)CCC1=O. The van der Waals surface area contributed by atoms with Crippen molar-refractivity contribution < 1.29 is 14.4 Å². The van der Waals surface area contributed by atoms with Crippen molar-refractivity contribution >= 4 is 17.6 Å². The van der Waals surface area contributed by atoms with E-state index in [4.69, 9.17) is 0 Å². The van der Waals surface area contributed by atoms with Crippen LogP contribution in [0.4, 0.5) is 0 Å². The fourth-order valence-corrected chi connectivity index (χ4v) is 3.11. The van der Waals surface area contributed by atoms with E-state index >= 15 is 0 Å². The van der Waals surface area contributed by atoms with Crippen LogP contribution in [-0.2, 0) is 4.79 Å². The summed E-state index contributed by atoms with van der Waals surface area (Å²) in [6.45, 7) is 6.36. The van der Waals surface area contributed by atoms with Gasteiger partial charge in [0.1, 0.15) is 5.56 Å². The van der Waals surface area contributed by atoms with Crippen LogP contribution < -0.4 is 10.9 Å². The average Bonchev–Trinajstić information content (AvgIpc) is 2.70. The lowest BCUT2D eigenvalue weighted by Crippen LogP contribution is -2.38. The lowest BCUT2D eigenvalue weighted by Gasteiger charge is -2.20. The first-order valence-corrected chi connectivity index (χ1v) is 8.67. The van der Waals surface area contributed by atoms with Crippen molar-refractivity contribution in [1.29, 1.82) is 0 Å². The van der Waals surface area contributed by atoms with Gasteiger partial charge in [0, 0.05) is 36.8 Å². The predicted octanol–water partition coefficient (Wildman–Crippen LogP) is 1.41. The maximum absolute atomic E-state index is 12.5. The largest absolute Gasteiger partial charge is 0.349 e. The van der Waals surface area contributed by atoms with Crippen LogP contribution in [0.5, 0.6) is 0 Å². The van der Waals surface area contributed by atoms with Crippen molar-refractivity contribution in [1.82, 2.24) is 15.2 Å². The van der Waals surface area contributed by atoms with Crippen molar-refractivity contribution in [2.45, 2.75) is 52.5 Å². The third kappa shape index (κ3) is 4.55. The molecule has 1 aliphatic heterocycles. The number of aryl methyl sites for hydroxylation is 1. The molecule has 0 aliphatic carbocycles. The predicted molar refractivity (Wildman–Crippen MR) is 93.8 cm³/mol. The van der Waals surface area contributed by atoms with E-state index in [1.807, 2.05) is 11.8 Å². The summed E-state index contributed by atoms with van der Waals surface area (Å²) in [4.78, 5) is 52.6. The number of amides is 2. The number of H-pyrrole nitrogens is 1. The highest BCUT2D eigenvalue weighted by Gasteiger charge is 2.24. The summed E-state index contributed by atoms with van der Waals surface area (Å²) in [5, 5.41) is 2.84. The van der Waals surface area contributed by atoms with Crippen LogP contribution in [0.2, 0.25) is 0 Å². The summed E-state index contributed by atoms with van der Waals surface area (Å²) in [6.07, 6.45) is 2.48. The molecular formula is C18H25N3O4. The van der Waals surface area contributed by atoms with Crippen LogP contribution in [0.3, 0.4) is 0 Å². The van der Waals surface area contributed by atoms with Gasteiger partial charge in [0.2, 0.25) is 5.91 Å². The van der Waals surface area contributed by atoms with E-state index in [9.17, 15) is 19.2 Å². The Hall–Kier alpha value is -2.44. The second kappa shape index (κ2) is 8.09. The van der Waals surface area contributed by atoms with Gasteiger partial charge in [-0.3, -0.25) is 19.2 Å². The molecule has 25 heavy (non-hydrogen) atoms. The monoisotopic (exact) mass is 347 g/mol. The fourth-order valence-electron chi connectivity index (χ4n) is 3.11. The van der Waals surface area contributed by atoms with Gasteiger partial charge in [-0.25, -0.2) is 0 Å². The number of carbonyl (C=O) groups is 3. The Labute approximate surface area is 146 Å². The van der Waals surface area contributed by atoms with Crippen LogP contribution in [0.15, 0.2) is 10.9 Å². The van der Waals surface area contributed by atoms with Gasteiger partial charge in [0.25, 0.3) is 11.5 Å². The normalized spacial score (nSPS) is 18.0. The Morgan fingerprint density at radius 3 is 2.64 bits per heavy atom. The van der Waals surface area contributed by atoms with Gasteiger partial charge in [-0.1, -0.05) is 6.92 Å². The summed E-state index contributed by atoms with van der Waals surface area (Å²) < 4.78 is 0. The van der Waals surface area contributed by atoms with Gasteiger partial charge < -0.3 is 15.2 Å². The minimum atomic E-state index is -0.516. The topological polar surface area (TPSA) is 99.3 Å². The van der Waals surface area contributed by atoms with Gasteiger partial charge in [-0.05, 0) is 39.2 Å². The van der Waals surface area contributed by atoms with Crippen LogP contribution in [0, 0.1) is 6.92 Å². The minimum absolute atomic E-state index is 0.0724. The van der Waals surface area contributed by atoms with E-state index in [-0.39, 0.29) is 23.3 Å². The second-order valence-corrected chi connectivity index (χ2v) is 6.49. The fraction of sp³-hybridized carbons (Fsp3) is 0.556. The number of pyridine rings is 1. The zero-order valence-corrected chi connectivity index (χ0v) is 15.0. The second-order valence-electron chi connectivity index (χ2n) is 6.49. The molecule has 2 rings (SSSR count). The Morgan fingerprint density at radius 2 is 2.00 bits per heavy atom. The summed E-state index contributed by atoms with van der Waals surface area (Å²) >= 11 is 0. The third-order valence-electron chi connectivity index (χ3n) is 4.50. The highest BCUT2D eigenvalue weighted by Crippen LogP contribution is 2.14. The average molecular weight is 347 g/mol. The molecule has 1 atom stereocenters. The molecule has 1 unspecified atom stereocenters. The number of carbonyl (C=O) groups excluding carboxylic acids is 3. The third-order valence-corrected chi connectivity index (χ3v) is 4.50. The van der Waals surface area contributed by atoms with Gasteiger partial charge in [-0.15, -0.1) is 0 Å². The van der Waals surface area contributed by atoms with E-state index in [1.54, 1.807) is 6.92 Å². The van der Waals surface area contributed by atoms with E-state index in [2.05, 4.69) is 10.3 Å². The van der Waals surface area contributed by atoms with Gasteiger partial charge in [0.05, 0.1) is 0 Å². The summed E-state index contributed by atoms with van der Waals surface area (Å²) in [7, 11) is 0. The Bertz CT molecular complexity index is 738. The molecule has 2 amide bonds. The molecule has 0 saturated carbocycles. The number of hydrogen-bond acceptors (Lipinski definition) is 4. The summed E-state index contributed by atoms with van der Waals surface area (Å²) in [5.41, 5.74) is 0.188. The molecule has 1 aromatic rings. The molecule has 7 heteroatoms. The number of aromatic amines is 1. The number of likely N-dealkylation sites (tertiary alicyclic amines) is 1. The van der Waals surface area contributed by atoms with Gasteiger partial charge in [-0.2, -0.15) is 0 Å². The van der Waals surface area contributed by atoms with Crippen LogP contribution in [0.1, 0.15) is 65.9 Å². The Morgan fingerprint density at radius 1 is 1.28 bits per heavy atom. The number of nitrogens with zero attached hydrogens (tertiary/aromatic N) is 1. The minimum Gasteiger partial charge on any atom is -0.349 e. The molecule has 0 spiro atoms. The first kappa shape index (κ1) is 18.9. The molecule has 2 heterocycles. The van der Waals surface area contributed by atoms with Crippen molar-refractivity contribution in [2.75, 3.05) is 13.1 Å². The molecule has 0 bridgehead atoms. The van der Waals surface area contributed by atoms with E-state index in [0.29, 0.717) is 37.1 Å². The zero-order chi connectivity index (χ0) is 18.6. The van der Waals surface area contributed by atoms with E-state index < -0.39 is 11.5 Å². The number of nitrogens with one attached hydrogen (secondary N) is 2. The molecule has 2 N–H and O–H groups in total. The van der Waals surface area contributed by atoms with Gasteiger partial charge in [0.15, 0.2) is 5.78 Å². The lowest BCUT2D eigenvalue weighted by molar-refractivity contribution is -0.130. The first-order valence-electron chi connectivity index (χ1n) is 8.67. The number of Topliss-reactive ketones (excluding diaryl/α,β-unsaturated/α-hetero) is 1. The number of aromatic nitrogens is 1. The Balaban J connectivity index is 2.12. The van der Waals surface area contributed by atoms with E-state index in [0.717, 1.165) is 13.0 Å². The number of ketones is 1. The van der Waals surface area contributed by atoms with Crippen molar-refractivity contribution in [3.63, 3.8) is 0 Å². The molecule has 1 fully saturated rings. The molecule has 0 aromatic carbocycles. The molecular weight excluding hydrogens is 322 g/mol. The Kier molecular flexibility index (Phi) is 6.12. The van der Waals surface area contributed by atoms with E-state index in [1.165, 1.54) is 13.0 Å². The van der Waals surface area contributed by atoms with Crippen molar-refractivity contribution in [3.8, 4) is 0 Å². The highest BCUT2D eigenvalue weighted by molar-refractivity contribution is 6.00. The summed E-state index contributed by atoms with van der Waals surface area (Å²) in [5.74, 6) is -0.617. The molecule has 0 radical (unpaired) electrons. The molecule has 7 nitrogen and oxygen atoms in total. The standard InChI is InChI=1S/C18H25N3O4/c1-4-8-21-9-7-13(5-6-16(21)23)20-18(25)15-10-14(12(3)22)11(2)19-17(15)24/h10,13H,4-9H2,1-3H3,(H,19,24)(H,20,25). The molecule has 1 aliphatic rings. The van der Waals surface area contributed by atoms with Gasteiger partial charge >= 0.3 is 0 Å². The maximum atomic E-state index is 12.5. The smallest absolute Gasteiger partial charge is 0.261 e. The van der Waals surface area contributed by atoms with Crippen LogP contribution in [-0.4, -0.2) is 46.6 Å². The molecule has 1 saturated heterocycles. The van der Waals surface area contributed by atoms with Crippen molar-refractivity contribution in [2.24, 2.45) is 0 Å². The summed E-state index contributed by atoms with van der Waals surface area (Å²) in [6, 6.07) is 1.18. The first-order chi connectivity index (χ1) is 11.8. The maximum Gasteiger partial charge on any atom is 0.261 e. The number of hydrogen-bond donors (Lipinski definition) is 2. The highest BCUT2D eigenvalue weighted by atomic mass is 16.2. The zero-order valence-electron chi connectivity index (χ0n) is 15.0. The lowest BCUT2D eigenvalue weighted by atomic mass is 10.1. The van der Waals surface area contributed by atoms with Crippen molar-refractivity contribution in [3.05, 3.63) is 33.2 Å².